The molecule has 0 atom stereocenters. The standard InChI is InChI=1S/C13H15NO4/c1-16-11-7-9(10(15)5-4-6-14)8-12(17-2)13(11)18-3/h7-8H,4-5H2,1-3H3. The van der Waals surface area contributed by atoms with Crippen molar-refractivity contribution in [1.29, 1.82) is 5.26 Å². The van der Waals surface area contributed by atoms with Crippen LogP contribution in [0.25, 0.3) is 0 Å². The van der Waals surface area contributed by atoms with Gasteiger partial charge in [0.2, 0.25) is 5.75 Å². The van der Waals surface area contributed by atoms with E-state index in [0.29, 0.717) is 22.8 Å². The summed E-state index contributed by atoms with van der Waals surface area (Å²) in [6, 6.07) is 5.11. The molecule has 0 fully saturated rings. The van der Waals surface area contributed by atoms with Crippen molar-refractivity contribution >= 4 is 5.78 Å². The fourth-order valence-corrected chi connectivity index (χ4v) is 1.56. The Hall–Kier alpha value is -2.22. The minimum absolute atomic E-state index is 0.129. The number of carbonyl (C=O) groups excluding carboxylic acids is 1. The Bertz CT molecular complexity index is 451. The Kier molecular flexibility index (Phi) is 5.00. The van der Waals surface area contributed by atoms with Gasteiger partial charge in [0.25, 0.3) is 0 Å². The summed E-state index contributed by atoms with van der Waals surface area (Å²) in [4.78, 5) is 11.8. The van der Waals surface area contributed by atoms with Gasteiger partial charge in [-0.1, -0.05) is 0 Å². The number of Topliss-reactive ketones (excluding diaryl/α,β-unsaturated/α-hetero) is 1. The van der Waals surface area contributed by atoms with Gasteiger partial charge < -0.3 is 14.2 Å². The summed E-state index contributed by atoms with van der Waals surface area (Å²) >= 11 is 0. The molecule has 0 heterocycles. The molecule has 0 aliphatic carbocycles. The van der Waals surface area contributed by atoms with E-state index in [1.807, 2.05) is 6.07 Å². The molecule has 96 valence electrons. The zero-order valence-corrected chi connectivity index (χ0v) is 10.6. The van der Waals surface area contributed by atoms with Gasteiger partial charge in [0.1, 0.15) is 0 Å². The normalized spacial score (nSPS) is 9.44. The van der Waals surface area contributed by atoms with Gasteiger partial charge in [-0.05, 0) is 12.1 Å². The number of methoxy groups -OCH3 is 3. The van der Waals surface area contributed by atoms with Crippen LogP contribution in [0.4, 0.5) is 0 Å². The van der Waals surface area contributed by atoms with Gasteiger partial charge in [0.15, 0.2) is 17.3 Å². The van der Waals surface area contributed by atoms with Gasteiger partial charge in [0.05, 0.1) is 27.4 Å². The van der Waals surface area contributed by atoms with Gasteiger partial charge >= 0.3 is 0 Å². The van der Waals surface area contributed by atoms with Gasteiger partial charge in [-0.2, -0.15) is 5.26 Å². The quantitative estimate of drug-likeness (QED) is 0.723. The molecule has 1 rings (SSSR count). The summed E-state index contributed by atoms with van der Waals surface area (Å²) in [5.41, 5.74) is 0.444. The Balaban J connectivity index is 3.15. The zero-order chi connectivity index (χ0) is 13.5. The van der Waals surface area contributed by atoms with E-state index in [4.69, 9.17) is 19.5 Å². The smallest absolute Gasteiger partial charge is 0.203 e. The van der Waals surface area contributed by atoms with Crippen LogP contribution in [0.15, 0.2) is 12.1 Å². The highest BCUT2D eigenvalue weighted by atomic mass is 16.5. The first-order chi connectivity index (χ1) is 8.67. The molecule has 1 aromatic carbocycles. The minimum Gasteiger partial charge on any atom is -0.493 e. The number of hydrogen-bond acceptors (Lipinski definition) is 5. The van der Waals surface area contributed by atoms with E-state index in [9.17, 15) is 4.79 Å². The van der Waals surface area contributed by atoms with Gasteiger partial charge in [-0.3, -0.25) is 4.79 Å². The Morgan fingerprint density at radius 1 is 1.17 bits per heavy atom. The fraction of sp³-hybridized carbons (Fsp3) is 0.385. The monoisotopic (exact) mass is 249 g/mol. The summed E-state index contributed by atoms with van der Waals surface area (Å²) in [7, 11) is 4.47. The Morgan fingerprint density at radius 2 is 1.72 bits per heavy atom. The van der Waals surface area contributed by atoms with Crippen molar-refractivity contribution in [1.82, 2.24) is 0 Å². The molecule has 0 radical (unpaired) electrons. The van der Waals surface area contributed by atoms with E-state index in [-0.39, 0.29) is 18.6 Å². The molecule has 0 aliphatic rings. The van der Waals surface area contributed by atoms with Crippen LogP contribution in [0.1, 0.15) is 23.2 Å². The van der Waals surface area contributed by atoms with Crippen LogP contribution in [0.5, 0.6) is 17.2 Å². The molecule has 0 spiro atoms. The second kappa shape index (κ2) is 6.50. The SMILES string of the molecule is COc1cc(C(=O)CCC#N)cc(OC)c1OC. The van der Waals surface area contributed by atoms with E-state index in [0.717, 1.165) is 0 Å². The molecule has 1 aromatic rings. The number of rotatable bonds is 6. The maximum absolute atomic E-state index is 11.8. The Morgan fingerprint density at radius 3 is 2.11 bits per heavy atom. The third-order valence-electron chi connectivity index (χ3n) is 2.45. The molecule has 0 saturated heterocycles. The van der Waals surface area contributed by atoms with Crippen molar-refractivity contribution < 1.29 is 19.0 Å². The van der Waals surface area contributed by atoms with Crippen LogP contribution >= 0.6 is 0 Å². The van der Waals surface area contributed by atoms with Gasteiger partial charge in [0, 0.05) is 18.4 Å². The van der Waals surface area contributed by atoms with Gasteiger partial charge in [-0.15, -0.1) is 0 Å². The van der Waals surface area contributed by atoms with Crippen LogP contribution in [0.3, 0.4) is 0 Å². The summed E-state index contributed by atoms with van der Waals surface area (Å²) in [6.45, 7) is 0. The highest BCUT2D eigenvalue weighted by Gasteiger charge is 2.16. The number of ether oxygens (including phenoxy) is 3. The van der Waals surface area contributed by atoms with E-state index in [2.05, 4.69) is 0 Å². The second-order valence-corrected chi connectivity index (χ2v) is 3.50. The molecular formula is C13H15NO4. The van der Waals surface area contributed by atoms with Crippen LogP contribution in [-0.2, 0) is 0 Å². The molecule has 5 nitrogen and oxygen atoms in total. The van der Waals surface area contributed by atoms with Crippen molar-refractivity contribution in [3.8, 4) is 23.3 Å². The maximum Gasteiger partial charge on any atom is 0.203 e. The van der Waals surface area contributed by atoms with Crippen LogP contribution in [0, 0.1) is 11.3 Å². The molecule has 0 amide bonds. The highest BCUT2D eigenvalue weighted by Crippen LogP contribution is 2.38. The molecule has 18 heavy (non-hydrogen) atoms. The number of hydrogen-bond donors (Lipinski definition) is 0. The van der Waals surface area contributed by atoms with Crippen LogP contribution in [0.2, 0.25) is 0 Å². The second-order valence-electron chi connectivity index (χ2n) is 3.50. The summed E-state index contributed by atoms with van der Waals surface area (Å²) in [5.74, 6) is 1.17. The van der Waals surface area contributed by atoms with Crippen molar-refractivity contribution in [2.45, 2.75) is 12.8 Å². The fourth-order valence-electron chi connectivity index (χ4n) is 1.56. The van der Waals surface area contributed by atoms with E-state index in [1.54, 1.807) is 12.1 Å². The molecule has 0 aliphatic heterocycles. The van der Waals surface area contributed by atoms with Crippen LogP contribution < -0.4 is 14.2 Å². The third kappa shape index (κ3) is 2.92. The number of benzene rings is 1. The first-order valence-corrected chi connectivity index (χ1v) is 5.38. The van der Waals surface area contributed by atoms with E-state index in [1.165, 1.54) is 21.3 Å². The number of carbonyl (C=O) groups is 1. The molecule has 5 heteroatoms. The lowest BCUT2D eigenvalue weighted by molar-refractivity contribution is 0.0983. The number of nitriles is 1. The molecular weight excluding hydrogens is 234 g/mol. The lowest BCUT2D eigenvalue weighted by atomic mass is 10.1. The number of nitrogens with zero attached hydrogens (tertiary/aromatic N) is 1. The van der Waals surface area contributed by atoms with Crippen molar-refractivity contribution in [3.63, 3.8) is 0 Å². The lowest BCUT2D eigenvalue weighted by Crippen LogP contribution is -2.02. The molecule has 0 unspecified atom stereocenters. The number of ketones is 1. The van der Waals surface area contributed by atoms with Crippen molar-refractivity contribution in [3.05, 3.63) is 17.7 Å². The summed E-state index contributed by atoms with van der Waals surface area (Å²) in [5, 5.41) is 8.47. The Labute approximate surface area is 106 Å². The van der Waals surface area contributed by atoms with Crippen molar-refractivity contribution in [2.24, 2.45) is 0 Å². The topological polar surface area (TPSA) is 68.6 Å². The average Bonchev–Trinajstić information content (AvgIpc) is 2.42. The third-order valence-corrected chi connectivity index (χ3v) is 2.45. The minimum atomic E-state index is -0.129. The lowest BCUT2D eigenvalue weighted by Gasteiger charge is -2.13. The maximum atomic E-state index is 11.8. The first kappa shape index (κ1) is 13.8. The summed E-state index contributed by atoms with van der Waals surface area (Å²) in [6.07, 6.45) is 0.366. The van der Waals surface area contributed by atoms with Crippen molar-refractivity contribution in [2.75, 3.05) is 21.3 Å². The molecule has 0 aromatic heterocycles. The first-order valence-electron chi connectivity index (χ1n) is 5.38. The molecule has 0 saturated carbocycles. The molecule has 0 bridgehead atoms. The average molecular weight is 249 g/mol. The highest BCUT2D eigenvalue weighted by molar-refractivity contribution is 5.97. The van der Waals surface area contributed by atoms with E-state index < -0.39 is 0 Å². The molecule has 0 N–H and O–H groups in total. The predicted octanol–water partition coefficient (Wildman–Crippen LogP) is 2.20. The summed E-state index contributed by atoms with van der Waals surface area (Å²) < 4.78 is 15.5. The predicted molar refractivity (Wildman–Crippen MR) is 65.3 cm³/mol. The largest absolute Gasteiger partial charge is 0.493 e. The van der Waals surface area contributed by atoms with Gasteiger partial charge in [-0.25, -0.2) is 0 Å². The van der Waals surface area contributed by atoms with E-state index >= 15 is 0 Å². The zero-order valence-electron chi connectivity index (χ0n) is 10.6. The van der Waals surface area contributed by atoms with Crippen LogP contribution in [-0.4, -0.2) is 27.1 Å².